The van der Waals surface area contributed by atoms with Gasteiger partial charge in [-0.05, 0) is 18.2 Å². The third-order valence-corrected chi connectivity index (χ3v) is 5.54. The monoisotopic (exact) mass is 236 g/mol. The van der Waals surface area contributed by atoms with Crippen LogP contribution in [0.2, 0.25) is 6.55 Å². The van der Waals surface area contributed by atoms with E-state index >= 15 is 0 Å². The Morgan fingerprint density at radius 2 is 1.87 bits per heavy atom. The number of halogens is 1. The van der Waals surface area contributed by atoms with Crippen LogP contribution in [-0.2, 0) is 0 Å². The fourth-order valence-corrected chi connectivity index (χ4v) is 3.42. The molecule has 80 valence electrons. The van der Waals surface area contributed by atoms with Gasteiger partial charge >= 0.3 is 0 Å². The predicted octanol–water partition coefficient (Wildman–Crippen LogP) is 3.77. The van der Waals surface area contributed by atoms with Crippen LogP contribution in [0.15, 0.2) is 54.3 Å². The van der Waals surface area contributed by atoms with Crippen molar-refractivity contribution in [2.45, 2.75) is 19.9 Å². The van der Waals surface area contributed by atoms with Crippen molar-refractivity contribution in [3.05, 3.63) is 54.3 Å². The maximum absolute atomic E-state index is 6.56. The highest BCUT2D eigenvalue weighted by Gasteiger charge is 2.22. The van der Waals surface area contributed by atoms with Crippen LogP contribution < -0.4 is 5.19 Å². The van der Waals surface area contributed by atoms with E-state index in [1.165, 1.54) is 5.19 Å². The molecule has 1 aromatic carbocycles. The van der Waals surface area contributed by atoms with E-state index in [9.17, 15) is 0 Å². The minimum absolute atomic E-state index is 1.07. The van der Waals surface area contributed by atoms with Crippen LogP contribution in [0.1, 0.15) is 13.3 Å². The number of benzene rings is 1. The standard InChI is InChI=1S/C13H17ClSi/c1-3-4-5-9-12-15(2,14)13-10-7-6-8-11-13/h4-12H,3H2,1-2H3/b5-4-,12-9-. The van der Waals surface area contributed by atoms with Gasteiger partial charge in [0.15, 0.2) is 0 Å². The zero-order valence-electron chi connectivity index (χ0n) is 9.28. The normalized spacial score (nSPS) is 15.9. The van der Waals surface area contributed by atoms with Crippen molar-refractivity contribution < 1.29 is 0 Å². The van der Waals surface area contributed by atoms with Gasteiger partial charge in [0.25, 0.3) is 0 Å². The average Bonchev–Trinajstić information content (AvgIpc) is 2.26. The van der Waals surface area contributed by atoms with Crippen LogP contribution in [-0.4, -0.2) is 7.38 Å². The molecule has 1 aromatic rings. The second kappa shape index (κ2) is 5.94. The second-order valence-electron chi connectivity index (χ2n) is 3.64. The largest absolute Gasteiger partial charge is 0.207 e. The Labute approximate surface area is 98.0 Å². The van der Waals surface area contributed by atoms with Gasteiger partial charge in [0, 0.05) is 0 Å². The molecule has 1 rings (SSSR count). The van der Waals surface area contributed by atoms with E-state index < -0.39 is 7.38 Å². The van der Waals surface area contributed by atoms with Gasteiger partial charge in [0.2, 0.25) is 7.38 Å². The average molecular weight is 237 g/mol. The van der Waals surface area contributed by atoms with Crippen LogP contribution in [0.3, 0.4) is 0 Å². The first kappa shape index (κ1) is 12.3. The summed E-state index contributed by atoms with van der Waals surface area (Å²) in [4.78, 5) is 0. The Balaban J connectivity index is 2.75. The van der Waals surface area contributed by atoms with E-state index in [0.717, 1.165) is 6.42 Å². The zero-order chi connectivity index (χ0) is 11.1. The van der Waals surface area contributed by atoms with E-state index in [2.05, 4.69) is 49.5 Å². The second-order valence-corrected chi connectivity index (χ2v) is 9.05. The molecule has 1 atom stereocenters. The molecule has 0 amide bonds. The van der Waals surface area contributed by atoms with Crippen molar-refractivity contribution in [1.29, 1.82) is 0 Å². The molecule has 0 bridgehead atoms. The lowest BCUT2D eigenvalue weighted by molar-refractivity contribution is 1.22. The molecule has 0 spiro atoms. The fourth-order valence-electron chi connectivity index (χ4n) is 1.31. The minimum atomic E-state index is -1.89. The van der Waals surface area contributed by atoms with Gasteiger partial charge in [-0.2, -0.15) is 11.1 Å². The predicted molar refractivity (Wildman–Crippen MR) is 72.1 cm³/mol. The third kappa shape index (κ3) is 4.06. The number of hydrogen-bond acceptors (Lipinski definition) is 0. The van der Waals surface area contributed by atoms with Crippen LogP contribution in [0.5, 0.6) is 0 Å². The Hall–Kier alpha value is -0.793. The number of allylic oxidation sites excluding steroid dienone is 3. The lowest BCUT2D eigenvalue weighted by Gasteiger charge is -2.14. The highest BCUT2D eigenvalue weighted by molar-refractivity contribution is 7.29. The molecule has 0 radical (unpaired) electrons. The van der Waals surface area contributed by atoms with E-state index in [1.807, 2.05) is 18.2 Å². The van der Waals surface area contributed by atoms with Gasteiger partial charge in [-0.25, -0.2) is 0 Å². The van der Waals surface area contributed by atoms with E-state index in [-0.39, 0.29) is 0 Å². The van der Waals surface area contributed by atoms with E-state index in [4.69, 9.17) is 11.1 Å². The smallest absolute Gasteiger partial charge is 0.156 e. The summed E-state index contributed by atoms with van der Waals surface area (Å²) in [6.07, 6.45) is 7.32. The molecule has 15 heavy (non-hydrogen) atoms. The Morgan fingerprint density at radius 3 is 2.47 bits per heavy atom. The topological polar surface area (TPSA) is 0 Å². The van der Waals surface area contributed by atoms with Crippen LogP contribution in [0, 0.1) is 0 Å². The molecule has 0 aliphatic heterocycles. The summed E-state index contributed by atoms with van der Waals surface area (Å²) >= 11 is 6.56. The molecule has 2 heteroatoms. The third-order valence-electron chi connectivity index (χ3n) is 2.23. The summed E-state index contributed by atoms with van der Waals surface area (Å²) in [5.41, 5.74) is 2.15. The lowest BCUT2D eigenvalue weighted by atomic mass is 10.4. The molecular weight excluding hydrogens is 220 g/mol. The zero-order valence-corrected chi connectivity index (χ0v) is 11.0. The van der Waals surface area contributed by atoms with Crippen molar-refractivity contribution >= 4 is 23.6 Å². The maximum Gasteiger partial charge on any atom is 0.207 e. The quantitative estimate of drug-likeness (QED) is 0.424. The van der Waals surface area contributed by atoms with Gasteiger partial charge < -0.3 is 0 Å². The Morgan fingerprint density at radius 1 is 1.20 bits per heavy atom. The molecule has 1 unspecified atom stereocenters. The van der Waals surface area contributed by atoms with Crippen molar-refractivity contribution in [2.75, 3.05) is 0 Å². The number of hydrogen-bond donors (Lipinski definition) is 0. The van der Waals surface area contributed by atoms with Crippen molar-refractivity contribution in [3.8, 4) is 0 Å². The molecule has 0 fully saturated rings. The summed E-state index contributed by atoms with van der Waals surface area (Å²) in [7, 11) is -1.89. The Kier molecular flexibility index (Phi) is 4.86. The minimum Gasteiger partial charge on any atom is -0.156 e. The maximum atomic E-state index is 6.56. The first-order valence-corrected chi connectivity index (χ1v) is 8.84. The molecule has 0 nitrogen and oxygen atoms in total. The molecule has 0 aliphatic rings. The van der Waals surface area contributed by atoms with Crippen LogP contribution in [0.25, 0.3) is 0 Å². The molecule has 0 saturated heterocycles. The molecule has 0 saturated carbocycles. The lowest BCUT2D eigenvalue weighted by Crippen LogP contribution is -2.36. The highest BCUT2D eigenvalue weighted by atomic mass is 35.6. The van der Waals surface area contributed by atoms with Crippen LogP contribution >= 0.6 is 11.1 Å². The summed E-state index contributed by atoms with van der Waals surface area (Å²) in [5.74, 6) is 0. The summed E-state index contributed by atoms with van der Waals surface area (Å²) in [6.45, 7) is 4.26. The van der Waals surface area contributed by atoms with Gasteiger partial charge in [0.1, 0.15) is 0 Å². The van der Waals surface area contributed by atoms with Crippen LogP contribution in [0.4, 0.5) is 0 Å². The first-order chi connectivity index (χ1) is 7.17. The molecule has 0 heterocycles. The highest BCUT2D eigenvalue weighted by Crippen LogP contribution is 2.10. The van der Waals surface area contributed by atoms with Gasteiger partial charge in [-0.15, -0.1) is 0 Å². The fraction of sp³-hybridized carbons (Fsp3) is 0.231. The molecule has 0 aromatic heterocycles. The van der Waals surface area contributed by atoms with Gasteiger partial charge in [-0.3, -0.25) is 0 Å². The number of rotatable bonds is 4. The molecular formula is C13H17ClSi. The van der Waals surface area contributed by atoms with E-state index in [0.29, 0.717) is 0 Å². The van der Waals surface area contributed by atoms with Gasteiger partial charge in [0.05, 0.1) is 0 Å². The van der Waals surface area contributed by atoms with Crippen molar-refractivity contribution in [3.63, 3.8) is 0 Å². The summed E-state index contributed by atoms with van der Waals surface area (Å²) in [5, 5.41) is 1.26. The van der Waals surface area contributed by atoms with Crippen molar-refractivity contribution in [1.82, 2.24) is 0 Å². The summed E-state index contributed by atoms with van der Waals surface area (Å²) in [6, 6.07) is 10.3. The molecule has 0 N–H and O–H groups in total. The summed E-state index contributed by atoms with van der Waals surface area (Å²) < 4.78 is 0. The Bertz CT molecular complexity index is 339. The van der Waals surface area contributed by atoms with Crippen molar-refractivity contribution in [2.24, 2.45) is 0 Å². The first-order valence-electron chi connectivity index (χ1n) is 5.25. The van der Waals surface area contributed by atoms with E-state index in [1.54, 1.807) is 0 Å². The molecule has 0 aliphatic carbocycles. The van der Waals surface area contributed by atoms with Gasteiger partial charge in [-0.1, -0.05) is 61.2 Å². The SMILES string of the molecule is CC/C=C\C=C/[Si](C)(Cl)c1ccccc1.